The van der Waals surface area contributed by atoms with Gasteiger partial charge >= 0.3 is 0 Å². The summed E-state index contributed by atoms with van der Waals surface area (Å²) in [7, 11) is 6.09. The van der Waals surface area contributed by atoms with Gasteiger partial charge in [0.15, 0.2) is 5.96 Å². The summed E-state index contributed by atoms with van der Waals surface area (Å²) >= 11 is 1.85. The van der Waals surface area contributed by atoms with Gasteiger partial charge in [-0.2, -0.15) is 0 Å². The van der Waals surface area contributed by atoms with Gasteiger partial charge in [-0.3, -0.25) is 9.89 Å². The van der Waals surface area contributed by atoms with Crippen LogP contribution in [0.5, 0.6) is 0 Å². The Morgan fingerprint density at radius 2 is 2.04 bits per heavy atom. The minimum Gasteiger partial charge on any atom is -0.356 e. The van der Waals surface area contributed by atoms with Gasteiger partial charge in [0.1, 0.15) is 0 Å². The highest BCUT2D eigenvalue weighted by Crippen LogP contribution is 2.27. The predicted octanol–water partition coefficient (Wildman–Crippen LogP) is 2.64. The molecule has 0 amide bonds. The van der Waals surface area contributed by atoms with Crippen LogP contribution < -0.4 is 10.6 Å². The molecule has 0 radical (unpaired) electrons. The van der Waals surface area contributed by atoms with Gasteiger partial charge < -0.3 is 15.5 Å². The first-order chi connectivity index (χ1) is 11.9. The van der Waals surface area contributed by atoms with Crippen molar-refractivity contribution in [2.75, 3.05) is 53.9 Å². The number of thiophene rings is 1. The molecule has 1 aromatic rings. The number of guanidine groups is 1. The molecule has 2 heterocycles. The topological polar surface area (TPSA) is 42.9 Å². The number of nitrogens with one attached hydrogen (secondary N) is 2. The molecule has 25 heavy (non-hydrogen) atoms. The Kier molecular flexibility index (Phi) is 7.72. The van der Waals surface area contributed by atoms with Crippen LogP contribution in [-0.4, -0.2) is 69.6 Å². The quantitative estimate of drug-likeness (QED) is 0.549. The largest absolute Gasteiger partial charge is 0.356 e. The second kappa shape index (κ2) is 9.55. The second-order valence-electron chi connectivity index (χ2n) is 7.98. The molecule has 2 rings (SSSR count). The Morgan fingerprint density at radius 1 is 1.32 bits per heavy atom. The lowest BCUT2D eigenvalue weighted by atomic mass is 9.93. The maximum absolute atomic E-state index is 4.42. The molecular weight excluding hydrogens is 330 g/mol. The van der Waals surface area contributed by atoms with Crippen molar-refractivity contribution in [3.05, 3.63) is 22.4 Å². The van der Waals surface area contributed by atoms with Crippen molar-refractivity contribution < 1.29 is 0 Å². The highest BCUT2D eigenvalue weighted by molar-refractivity contribution is 7.10. The van der Waals surface area contributed by atoms with E-state index < -0.39 is 0 Å². The van der Waals surface area contributed by atoms with Crippen LogP contribution in [0.4, 0.5) is 0 Å². The summed E-state index contributed by atoms with van der Waals surface area (Å²) in [5.41, 5.74) is 0.198. The summed E-state index contributed by atoms with van der Waals surface area (Å²) in [4.78, 5) is 10.7. The van der Waals surface area contributed by atoms with Gasteiger partial charge in [-0.05, 0) is 56.9 Å². The van der Waals surface area contributed by atoms with Gasteiger partial charge in [-0.15, -0.1) is 11.3 Å². The van der Waals surface area contributed by atoms with Crippen LogP contribution in [0, 0.1) is 5.41 Å². The fourth-order valence-electron chi connectivity index (χ4n) is 3.59. The third-order valence-corrected chi connectivity index (χ3v) is 5.59. The van der Waals surface area contributed by atoms with Crippen LogP contribution in [0.15, 0.2) is 22.5 Å². The lowest BCUT2D eigenvalue weighted by molar-refractivity contribution is 0.238. The van der Waals surface area contributed by atoms with Gasteiger partial charge in [0.05, 0.1) is 6.04 Å². The zero-order valence-electron chi connectivity index (χ0n) is 16.5. The molecule has 1 aromatic heterocycles. The van der Waals surface area contributed by atoms with Gasteiger partial charge in [-0.25, -0.2) is 0 Å². The second-order valence-corrected chi connectivity index (χ2v) is 8.96. The zero-order chi connectivity index (χ0) is 18.3. The molecule has 2 N–H and O–H groups in total. The SMILES string of the molecule is CN=C(NCC(c1cccs1)N1CCCC1)NCC(C)(C)CN(C)C. The van der Waals surface area contributed by atoms with E-state index in [1.807, 2.05) is 18.4 Å². The molecule has 142 valence electrons. The molecule has 1 aliphatic rings. The van der Waals surface area contributed by atoms with Crippen molar-refractivity contribution >= 4 is 17.3 Å². The van der Waals surface area contributed by atoms with Gasteiger partial charge in [0.2, 0.25) is 0 Å². The van der Waals surface area contributed by atoms with Crippen LogP contribution >= 0.6 is 11.3 Å². The summed E-state index contributed by atoms with van der Waals surface area (Å²) in [5, 5.41) is 9.23. The van der Waals surface area contributed by atoms with E-state index in [-0.39, 0.29) is 5.41 Å². The normalized spacial score (nSPS) is 17.9. The third-order valence-electron chi connectivity index (χ3n) is 4.62. The van der Waals surface area contributed by atoms with Crippen LogP contribution in [0.2, 0.25) is 0 Å². The van der Waals surface area contributed by atoms with E-state index in [2.05, 4.69) is 70.9 Å². The lowest BCUT2D eigenvalue weighted by Crippen LogP contribution is -2.46. The summed E-state index contributed by atoms with van der Waals surface area (Å²) in [6.07, 6.45) is 2.63. The smallest absolute Gasteiger partial charge is 0.191 e. The number of aliphatic imine (C=N–C) groups is 1. The average Bonchev–Trinajstić information content (AvgIpc) is 3.23. The monoisotopic (exact) mass is 365 g/mol. The van der Waals surface area contributed by atoms with Crippen LogP contribution in [-0.2, 0) is 0 Å². The maximum Gasteiger partial charge on any atom is 0.191 e. The minimum absolute atomic E-state index is 0.198. The number of hydrogen-bond donors (Lipinski definition) is 2. The molecule has 1 fully saturated rings. The van der Waals surface area contributed by atoms with Crippen molar-refractivity contribution in [1.29, 1.82) is 0 Å². The van der Waals surface area contributed by atoms with Crippen LogP contribution in [0.25, 0.3) is 0 Å². The van der Waals surface area contributed by atoms with E-state index in [4.69, 9.17) is 0 Å². The molecule has 5 nitrogen and oxygen atoms in total. The molecule has 0 spiro atoms. The molecule has 0 bridgehead atoms. The molecule has 1 aliphatic heterocycles. The third kappa shape index (κ3) is 6.60. The van der Waals surface area contributed by atoms with Crippen molar-refractivity contribution in [3.8, 4) is 0 Å². The van der Waals surface area contributed by atoms with Crippen molar-refractivity contribution in [2.24, 2.45) is 10.4 Å². The maximum atomic E-state index is 4.42. The Bertz CT molecular complexity index is 518. The van der Waals surface area contributed by atoms with Gasteiger partial charge in [0.25, 0.3) is 0 Å². The van der Waals surface area contributed by atoms with Crippen molar-refractivity contribution in [3.63, 3.8) is 0 Å². The highest BCUT2D eigenvalue weighted by Gasteiger charge is 2.25. The fraction of sp³-hybridized carbons (Fsp3) is 0.737. The Balaban J connectivity index is 1.89. The summed E-state index contributed by atoms with van der Waals surface area (Å²) < 4.78 is 0. The van der Waals surface area contributed by atoms with Crippen LogP contribution in [0.3, 0.4) is 0 Å². The molecule has 0 aliphatic carbocycles. The standard InChI is InChI=1S/C19H35N5S/c1-19(2,15-23(4)5)14-22-18(20-3)21-13-16(17-9-8-12-25-17)24-10-6-7-11-24/h8-9,12,16H,6-7,10-11,13-15H2,1-5H3,(H2,20,21,22). The van der Waals surface area contributed by atoms with E-state index in [0.717, 1.165) is 25.6 Å². The molecule has 0 saturated carbocycles. The summed E-state index contributed by atoms with van der Waals surface area (Å²) in [5.74, 6) is 0.896. The molecule has 0 aromatic carbocycles. The van der Waals surface area contributed by atoms with E-state index in [1.54, 1.807) is 0 Å². The molecule has 1 unspecified atom stereocenters. The van der Waals surface area contributed by atoms with Crippen molar-refractivity contribution in [2.45, 2.75) is 32.7 Å². The van der Waals surface area contributed by atoms with E-state index >= 15 is 0 Å². The van der Waals surface area contributed by atoms with Gasteiger partial charge in [-0.1, -0.05) is 19.9 Å². The van der Waals surface area contributed by atoms with E-state index in [0.29, 0.717) is 6.04 Å². The lowest BCUT2D eigenvalue weighted by Gasteiger charge is -2.30. The van der Waals surface area contributed by atoms with Crippen molar-refractivity contribution in [1.82, 2.24) is 20.4 Å². The first-order valence-corrected chi connectivity index (χ1v) is 10.2. The number of rotatable bonds is 8. The summed E-state index contributed by atoms with van der Waals surface area (Å²) in [6, 6.07) is 4.85. The fourth-order valence-corrected chi connectivity index (χ4v) is 4.45. The molecule has 6 heteroatoms. The number of likely N-dealkylation sites (tertiary alicyclic amines) is 1. The zero-order valence-corrected chi connectivity index (χ0v) is 17.3. The Hall–Kier alpha value is -1.11. The average molecular weight is 366 g/mol. The summed E-state index contributed by atoms with van der Waals surface area (Å²) in [6.45, 7) is 9.81. The number of nitrogens with zero attached hydrogens (tertiary/aromatic N) is 3. The number of hydrogen-bond acceptors (Lipinski definition) is 4. The Labute approximate surface area is 157 Å². The highest BCUT2D eigenvalue weighted by atomic mass is 32.1. The first-order valence-electron chi connectivity index (χ1n) is 9.28. The first kappa shape index (κ1) is 20.2. The van der Waals surface area contributed by atoms with Crippen LogP contribution in [0.1, 0.15) is 37.6 Å². The van der Waals surface area contributed by atoms with Gasteiger partial charge in [0, 0.05) is 31.6 Å². The Morgan fingerprint density at radius 3 is 2.60 bits per heavy atom. The molecule has 1 saturated heterocycles. The molecule has 1 atom stereocenters. The molecular formula is C19H35N5S. The predicted molar refractivity (Wildman–Crippen MR) is 110 cm³/mol. The van der Waals surface area contributed by atoms with E-state index in [1.165, 1.54) is 30.8 Å². The minimum atomic E-state index is 0.198. The van der Waals surface area contributed by atoms with E-state index in [9.17, 15) is 0 Å².